The van der Waals surface area contributed by atoms with Crippen LogP contribution in [-0.4, -0.2) is 19.9 Å². The second kappa shape index (κ2) is 13.8. The first-order valence-electron chi connectivity index (χ1n) is 1.78. The quantitative estimate of drug-likeness (QED) is 0.678. The number of hydrogen-bond acceptors (Lipinski definition) is 3. The number of carbonyl (C=O) groups is 3. The monoisotopic (exact) mass is 276 g/mol. The summed E-state index contributed by atoms with van der Waals surface area (Å²) < 4.78 is -1.78. The van der Waals surface area contributed by atoms with Crippen LogP contribution in [0.4, 0.5) is 14.4 Å². The standard InChI is InChI=1S/2CCl2O.CHClO2/c3*2-1(3)4/h;;(H,3,4). The fraction of sp³-hybridized carbons (Fsp3) is 0. The molecular formula is C3HCl5O4. The summed E-state index contributed by atoms with van der Waals surface area (Å²) in [5.74, 6) is 0. The van der Waals surface area contributed by atoms with Crippen molar-refractivity contribution in [3.8, 4) is 0 Å². The number of halogens is 5. The van der Waals surface area contributed by atoms with Crippen LogP contribution in [0.3, 0.4) is 0 Å². The summed E-state index contributed by atoms with van der Waals surface area (Å²) in [7, 11) is 0. The van der Waals surface area contributed by atoms with Crippen molar-refractivity contribution in [3.05, 3.63) is 0 Å². The maximum atomic E-state index is 8.98. The van der Waals surface area contributed by atoms with E-state index < -0.39 is 14.8 Å². The summed E-state index contributed by atoms with van der Waals surface area (Å²) >= 11 is 21.8. The molecule has 0 aliphatic rings. The molecule has 0 bridgehead atoms. The van der Waals surface area contributed by atoms with Crippen molar-refractivity contribution in [3.63, 3.8) is 0 Å². The van der Waals surface area contributed by atoms with Crippen LogP contribution in [0.25, 0.3) is 0 Å². The van der Waals surface area contributed by atoms with Crippen LogP contribution in [-0.2, 0) is 0 Å². The summed E-state index contributed by atoms with van der Waals surface area (Å²) in [5.41, 5.74) is -1.36. The smallest absolute Gasteiger partial charge is 0.401 e. The van der Waals surface area contributed by atoms with E-state index in [2.05, 4.69) is 58.0 Å². The van der Waals surface area contributed by atoms with Gasteiger partial charge in [-0.05, 0) is 46.4 Å². The largest absolute Gasteiger partial charge is 0.469 e. The molecule has 0 saturated carbocycles. The van der Waals surface area contributed by atoms with Crippen LogP contribution in [0.5, 0.6) is 0 Å². The Morgan fingerprint density at radius 2 is 0.750 bits per heavy atom. The van der Waals surface area contributed by atoms with Gasteiger partial charge in [0.1, 0.15) is 0 Å². The molecule has 1 N–H and O–H groups in total. The third-order valence-corrected chi connectivity index (χ3v) is 0. The Kier molecular flexibility index (Phi) is 20.9. The van der Waals surface area contributed by atoms with Gasteiger partial charge in [-0.1, -0.05) is 0 Å². The van der Waals surface area contributed by atoms with Gasteiger partial charge in [0.05, 0.1) is 0 Å². The van der Waals surface area contributed by atoms with Gasteiger partial charge < -0.3 is 5.11 Å². The van der Waals surface area contributed by atoms with Gasteiger partial charge in [-0.2, -0.15) is 0 Å². The van der Waals surface area contributed by atoms with E-state index in [-0.39, 0.29) is 0 Å². The lowest BCUT2D eigenvalue weighted by atomic mass is 11.6. The number of carboxylic acid groups (broad SMARTS) is 1. The van der Waals surface area contributed by atoms with E-state index in [9.17, 15) is 0 Å². The molecule has 0 fully saturated rings. The minimum atomic E-state index is -1.36. The molecule has 0 amide bonds. The zero-order valence-corrected chi connectivity index (χ0v) is 8.84. The van der Waals surface area contributed by atoms with E-state index in [0.29, 0.717) is 0 Å². The molecule has 0 aromatic rings. The first-order valence-corrected chi connectivity index (χ1v) is 3.67. The van der Waals surface area contributed by atoms with Crippen molar-refractivity contribution in [1.82, 2.24) is 0 Å². The van der Waals surface area contributed by atoms with Gasteiger partial charge in [0.2, 0.25) is 0 Å². The Morgan fingerprint density at radius 3 is 0.750 bits per heavy atom. The SMILES string of the molecule is O=C(Cl)Cl.O=C(Cl)Cl.O=C(O)Cl. The third-order valence-electron chi connectivity index (χ3n) is 0. The fourth-order valence-corrected chi connectivity index (χ4v) is 0. The maximum Gasteiger partial charge on any atom is 0.401 e. The Bertz CT molecular complexity index is 116. The minimum Gasteiger partial charge on any atom is -0.469 e. The molecule has 0 aliphatic heterocycles. The summed E-state index contributed by atoms with van der Waals surface area (Å²) in [5, 5.41) is 7.18. The molecular weight excluding hydrogens is 277 g/mol. The fourth-order valence-electron chi connectivity index (χ4n) is 0. The number of hydrogen-bond donors (Lipinski definition) is 1. The van der Waals surface area contributed by atoms with E-state index in [1.165, 1.54) is 0 Å². The molecule has 72 valence electrons. The predicted molar refractivity (Wildman–Crippen MR) is 48.1 cm³/mol. The van der Waals surface area contributed by atoms with Gasteiger partial charge in [0.25, 0.3) is 0 Å². The van der Waals surface area contributed by atoms with Crippen LogP contribution in [0.2, 0.25) is 0 Å². The van der Waals surface area contributed by atoms with Gasteiger partial charge in [0, 0.05) is 11.6 Å². The van der Waals surface area contributed by atoms with Gasteiger partial charge in [-0.15, -0.1) is 0 Å². The summed E-state index contributed by atoms with van der Waals surface area (Å²) in [6, 6.07) is 0. The lowest BCUT2D eigenvalue weighted by molar-refractivity contribution is 0.220. The first kappa shape index (κ1) is 18.1. The average molecular weight is 278 g/mol. The van der Waals surface area contributed by atoms with Crippen molar-refractivity contribution in [2.45, 2.75) is 0 Å². The van der Waals surface area contributed by atoms with Crippen LogP contribution < -0.4 is 0 Å². The van der Waals surface area contributed by atoms with Crippen LogP contribution in [0.1, 0.15) is 0 Å². The second-order valence-electron chi connectivity index (χ2n) is 0.704. The highest BCUT2D eigenvalue weighted by Gasteiger charge is 1.72. The lowest BCUT2D eigenvalue weighted by Crippen LogP contribution is -1.66. The highest BCUT2D eigenvalue weighted by atomic mass is 35.5. The maximum absolute atomic E-state index is 8.98. The Labute approximate surface area is 92.3 Å². The molecule has 0 spiro atoms. The topological polar surface area (TPSA) is 71.4 Å². The Morgan fingerprint density at radius 1 is 0.750 bits per heavy atom. The van der Waals surface area contributed by atoms with E-state index in [0.717, 1.165) is 0 Å². The molecule has 12 heavy (non-hydrogen) atoms. The minimum absolute atomic E-state index is 0.889. The molecule has 0 aliphatic carbocycles. The van der Waals surface area contributed by atoms with Gasteiger partial charge in [-0.3, -0.25) is 9.59 Å². The Balaban J connectivity index is -0.000000101. The highest BCUT2D eigenvalue weighted by Crippen LogP contribution is 1.84. The summed E-state index contributed by atoms with van der Waals surface area (Å²) in [6.07, 6.45) is 0. The van der Waals surface area contributed by atoms with Crippen molar-refractivity contribution < 1.29 is 19.5 Å². The van der Waals surface area contributed by atoms with Crippen LogP contribution >= 0.6 is 58.0 Å². The molecule has 4 nitrogen and oxygen atoms in total. The van der Waals surface area contributed by atoms with Crippen molar-refractivity contribution in [2.75, 3.05) is 0 Å². The van der Waals surface area contributed by atoms with E-state index >= 15 is 0 Å². The molecule has 0 heterocycles. The third kappa shape index (κ3) is 13000. The van der Waals surface area contributed by atoms with Gasteiger partial charge >= 0.3 is 14.8 Å². The molecule has 9 heteroatoms. The molecule has 0 rings (SSSR count). The van der Waals surface area contributed by atoms with Crippen LogP contribution in [0.15, 0.2) is 0 Å². The zero-order chi connectivity index (χ0) is 10.7. The molecule has 0 aromatic carbocycles. The van der Waals surface area contributed by atoms with Crippen molar-refractivity contribution >= 4 is 72.8 Å². The zero-order valence-electron chi connectivity index (χ0n) is 5.06. The van der Waals surface area contributed by atoms with E-state index in [4.69, 9.17) is 19.5 Å². The predicted octanol–water partition coefficient (Wildman–Crippen LogP) is 4.07. The normalized spacial score (nSPS) is 6.42. The second-order valence-corrected chi connectivity index (χ2v) is 2.79. The van der Waals surface area contributed by atoms with E-state index in [1.54, 1.807) is 0 Å². The molecule has 0 atom stereocenters. The van der Waals surface area contributed by atoms with Crippen LogP contribution in [0, 0.1) is 0 Å². The first-order chi connectivity index (χ1) is 5.20. The molecule has 0 saturated heterocycles. The van der Waals surface area contributed by atoms with Crippen molar-refractivity contribution in [1.29, 1.82) is 0 Å². The van der Waals surface area contributed by atoms with E-state index in [1.807, 2.05) is 0 Å². The molecule has 0 aromatic heterocycles. The highest BCUT2D eigenvalue weighted by molar-refractivity contribution is 6.94. The van der Waals surface area contributed by atoms with Gasteiger partial charge in [0.15, 0.2) is 0 Å². The lowest BCUT2D eigenvalue weighted by Gasteiger charge is -1.55. The summed E-state index contributed by atoms with van der Waals surface area (Å²) in [4.78, 5) is 26.7. The number of rotatable bonds is 0. The van der Waals surface area contributed by atoms with Gasteiger partial charge in [-0.25, -0.2) is 4.79 Å². The summed E-state index contributed by atoms with van der Waals surface area (Å²) in [6.45, 7) is 0. The molecule has 0 radical (unpaired) electrons. The van der Waals surface area contributed by atoms with Crippen molar-refractivity contribution in [2.24, 2.45) is 0 Å². The average Bonchev–Trinajstić information content (AvgIpc) is 1.54. The Hall–Kier alpha value is 0.260. The number of carbonyl (C=O) groups excluding carboxylic acids is 2. The molecule has 0 unspecified atom stereocenters.